The highest BCUT2D eigenvalue weighted by Crippen LogP contribution is 2.30. The Kier molecular flexibility index (Phi) is 12.2. The predicted octanol–water partition coefficient (Wildman–Crippen LogP) is 3.69. The highest BCUT2D eigenvalue weighted by atomic mass is 16.6. The summed E-state index contributed by atoms with van der Waals surface area (Å²) >= 11 is 0. The predicted molar refractivity (Wildman–Crippen MR) is 162 cm³/mol. The Morgan fingerprint density at radius 3 is 1.59 bits per heavy atom. The zero-order valence-corrected chi connectivity index (χ0v) is 26.1. The van der Waals surface area contributed by atoms with Crippen LogP contribution in [0.25, 0.3) is 0 Å². The van der Waals surface area contributed by atoms with Gasteiger partial charge < -0.3 is 25.4 Å². The van der Waals surface area contributed by atoms with Gasteiger partial charge in [0.25, 0.3) is 0 Å². The summed E-state index contributed by atoms with van der Waals surface area (Å²) in [6, 6.07) is 6.01. The number of esters is 2. The molecule has 2 aliphatic heterocycles. The van der Waals surface area contributed by atoms with Gasteiger partial charge in [-0.1, -0.05) is 32.0 Å². The lowest BCUT2D eigenvalue weighted by Crippen LogP contribution is -2.48. The molecule has 0 atom stereocenters. The van der Waals surface area contributed by atoms with Crippen LogP contribution in [0.2, 0.25) is 0 Å². The van der Waals surface area contributed by atoms with Crippen molar-refractivity contribution in [2.45, 2.75) is 91.3 Å². The molecule has 3 N–H and O–H groups in total. The number of anilines is 1. The maximum absolute atomic E-state index is 13.3. The van der Waals surface area contributed by atoms with Crippen LogP contribution in [0.15, 0.2) is 18.2 Å². The summed E-state index contributed by atoms with van der Waals surface area (Å²) in [4.78, 5) is 41.2. The van der Waals surface area contributed by atoms with Gasteiger partial charge in [0.2, 0.25) is 5.91 Å². The Bertz CT molecular complexity index is 961. The fourth-order valence-electron chi connectivity index (χ4n) is 6.17. The van der Waals surface area contributed by atoms with Crippen molar-refractivity contribution in [2.75, 3.05) is 51.1 Å². The van der Waals surface area contributed by atoms with E-state index >= 15 is 0 Å². The first-order chi connectivity index (χ1) is 19.4. The van der Waals surface area contributed by atoms with E-state index < -0.39 is 23.1 Å². The monoisotopic (exact) mass is 572 g/mol. The smallest absolute Gasteiger partial charge is 0.320 e. The minimum absolute atomic E-state index is 0.132. The highest BCUT2D eigenvalue weighted by molar-refractivity contribution is 5.94. The summed E-state index contributed by atoms with van der Waals surface area (Å²) in [5, 5.41) is 9.75. The van der Waals surface area contributed by atoms with Gasteiger partial charge in [0.05, 0.1) is 19.6 Å². The molecule has 0 aliphatic carbocycles. The van der Waals surface area contributed by atoms with E-state index in [1.54, 1.807) is 0 Å². The van der Waals surface area contributed by atoms with E-state index in [4.69, 9.17) is 9.47 Å². The number of carbonyl (C=O) groups is 3. The number of nitrogens with one attached hydrogen (secondary N) is 3. The van der Waals surface area contributed by atoms with Gasteiger partial charge in [-0.15, -0.1) is 0 Å². The first kappa shape index (κ1) is 33.0. The van der Waals surface area contributed by atoms with E-state index in [-0.39, 0.29) is 37.4 Å². The van der Waals surface area contributed by atoms with Crippen LogP contribution in [0.3, 0.4) is 0 Å². The maximum Gasteiger partial charge on any atom is 0.320 e. The number of benzene rings is 1. The molecule has 2 fully saturated rings. The molecule has 1 aromatic carbocycles. The quantitative estimate of drug-likeness (QED) is 0.307. The first-order valence-electron chi connectivity index (χ1n) is 15.4. The molecule has 1 amide bonds. The van der Waals surface area contributed by atoms with E-state index in [0.717, 1.165) is 81.5 Å². The van der Waals surface area contributed by atoms with Gasteiger partial charge in [-0.05, 0) is 104 Å². The molecule has 41 heavy (non-hydrogen) atoms. The summed E-state index contributed by atoms with van der Waals surface area (Å²) in [5.74, 6) is -0.683. The minimum Gasteiger partial charge on any atom is -0.458 e. The lowest BCUT2D eigenvalue weighted by Gasteiger charge is -2.38. The van der Waals surface area contributed by atoms with Gasteiger partial charge in [-0.25, -0.2) is 0 Å². The number of hydrogen-bond acceptors (Lipinski definition) is 8. The Morgan fingerprint density at radius 1 is 0.780 bits per heavy atom. The van der Waals surface area contributed by atoms with E-state index in [1.807, 2.05) is 45.9 Å². The van der Waals surface area contributed by atoms with Crippen molar-refractivity contribution >= 4 is 23.5 Å². The van der Waals surface area contributed by atoms with Crippen molar-refractivity contribution in [2.24, 2.45) is 11.8 Å². The van der Waals surface area contributed by atoms with Gasteiger partial charge in [-0.3, -0.25) is 19.3 Å². The second kappa shape index (κ2) is 15.1. The molecule has 1 aromatic rings. The third kappa shape index (κ3) is 9.79. The number of aryl methyl sites for hydroxylation is 2. The van der Waals surface area contributed by atoms with Crippen LogP contribution in [-0.4, -0.2) is 79.8 Å². The summed E-state index contributed by atoms with van der Waals surface area (Å²) in [5.41, 5.74) is 1.64. The largest absolute Gasteiger partial charge is 0.458 e. The summed E-state index contributed by atoms with van der Waals surface area (Å²) < 4.78 is 11.9. The molecule has 2 saturated heterocycles. The summed E-state index contributed by atoms with van der Waals surface area (Å²) in [7, 11) is 0. The topological polar surface area (TPSA) is 109 Å². The van der Waals surface area contributed by atoms with Crippen LogP contribution in [0, 0.1) is 11.8 Å². The van der Waals surface area contributed by atoms with Crippen molar-refractivity contribution in [3.05, 3.63) is 29.3 Å². The molecule has 0 bridgehead atoms. The van der Waals surface area contributed by atoms with Gasteiger partial charge in [-0.2, -0.15) is 0 Å². The van der Waals surface area contributed by atoms with Crippen molar-refractivity contribution in [3.8, 4) is 0 Å². The molecule has 0 unspecified atom stereocenters. The number of amides is 1. The number of para-hydroxylation sites is 1. The minimum atomic E-state index is -0.638. The third-order valence-electron chi connectivity index (χ3n) is 8.73. The molecular weight excluding hydrogens is 520 g/mol. The molecule has 0 radical (unpaired) electrons. The molecule has 2 aliphatic rings. The normalized spacial score (nSPS) is 17.3. The number of hydrogen-bond donors (Lipinski definition) is 3. The second-order valence-corrected chi connectivity index (χ2v) is 12.6. The zero-order valence-electron chi connectivity index (χ0n) is 26.1. The van der Waals surface area contributed by atoms with Crippen LogP contribution >= 0.6 is 0 Å². The van der Waals surface area contributed by atoms with Crippen molar-refractivity contribution in [1.29, 1.82) is 0 Å². The van der Waals surface area contributed by atoms with Gasteiger partial charge in [0, 0.05) is 17.5 Å². The number of ether oxygens (including phenoxy) is 2. The fourth-order valence-corrected chi connectivity index (χ4v) is 6.17. The molecule has 2 heterocycles. The van der Waals surface area contributed by atoms with Crippen LogP contribution in [0.4, 0.5) is 5.69 Å². The zero-order chi connectivity index (χ0) is 30.0. The van der Waals surface area contributed by atoms with Crippen LogP contribution in [-0.2, 0) is 36.7 Å². The fraction of sp³-hybridized carbons (Fsp3) is 0.719. The van der Waals surface area contributed by atoms with Gasteiger partial charge >= 0.3 is 11.9 Å². The summed E-state index contributed by atoms with van der Waals surface area (Å²) in [6.07, 6.45) is 5.29. The Labute approximate surface area is 246 Å². The van der Waals surface area contributed by atoms with Crippen molar-refractivity contribution in [3.63, 3.8) is 0 Å². The SMILES string of the molecule is CCc1cccc(CC)c1NC(=O)CN(CC(=O)OC(C)(C)C1CCNCC1)CC(=O)OC(C)(C)C1CCNCC1. The molecular formula is C32H52N4O5. The molecule has 9 heteroatoms. The number of piperidine rings is 2. The highest BCUT2D eigenvalue weighted by Gasteiger charge is 2.36. The maximum atomic E-state index is 13.3. The van der Waals surface area contributed by atoms with Crippen molar-refractivity contribution in [1.82, 2.24) is 15.5 Å². The Morgan fingerprint density at radius 2 is 1.20 bits per heavy atom. The molecule has 0 saturated carbocycles. The lowest BCUT2D eigenvalue weighted by atomic mass is 9.83. The van der Waals surface area contributed by atoms with Crippen LogP contribution < -0.4 is 16.0 Å². The molecule has 0 aromatic heterocycles. The Hall–Kier alpha value is -2.49. The second-order valence-electron chi connectivity index (χ2n) is 12.6. The number of carbonyl (C=O) groups excluding carboxylic acids is 3. The van der Waals surface area contributed by atoms with Gasteiger partial charge in [0.1, 0.15) is 11.2 Å². The molecule has 9 nitrogen and oxygen atoms in total. The first-order valence-corrected chi connectivity index (χ1v) is 15.4. The van der Waals surface area contributed by atoms with E-state index in [9.17, 15) is 14.4 Å². The van der Waals surface area contributed by atoms with E-state index in [0.29, 0.717) is 0 Å². The number of nitrogens with zero attached hydrogens (tertiary/aromatic N) is 1. The molecule has 3 rings (SSSR count). The van der Waals surface area contributed by atoms with Gasteiger partial charge in [0.15, 0.2) is 0 Å². The van der Waals surface area contributed by atoms with E-state index in [1.165, 1.54) is 4.90 Å². The summed E-state index contributed by atoms with van der Waals surface area (Å²) in [6.45, 7) is 15.0. The van der Waals surface area contributed by atoms with Crippen LogP contribution in [0.1, 0.15) is 78.4 Å². The van der Waals surface area contributed by atoms with E-state index in [2.05, 4.69) is 29.8 Å². The third-order valence-corrected chi connectivity index (χ3v) is 8.73. The molecule has 0 spiro atoms. The Balaban J connectivity index is 1.71. The average molecular weight is 573 g/mol. The number of rotatable bonds is 13. The standard InChI is InChI=1S/C32H52N4O5/c1-7-23-10-9-11-24(8-2)30(23)35-27(37)20-36(21-28(38)40-31(3,4)25-12-16-33-17-13-25)22-29(39)41-32(5,6)26-14-18-34-19-15-26/h9-11,25-26,33-34H,7-8,12-22H2,1-6H3,(H,35,37). The van der Waals surface area contributed by atoms with Crippen LogP contribution in [0.5, 0.6) is 0 Å². The lowest BCUT2D eigenvalue weighted by molar-refractivity contribution is -0.167. The average Bonchev–Trinajstić information content (AvgIpc) is 2.93. The van der Waals surface area contributed by atoms with Crippen molar-refractivity contribution < 1.29 is 23.9 Å². The molecule has 230 valence electrons.